The average Bonchev–Trinajstić information content (AvgIpc) is 2.59. The van der Waals surface area contributed by atoms with Gasteiger partial charge < -0.3 is 9.47 Å². The van der Waals surface area contributed by atoms with Gasteiger partial charge in [0.15, 0.2) is 0 Å². The quantitative estimate of drug-likeness (QED) is 0.822. The number of benzene rings is 2. The van der Waals surface area contributed by atoms with E-state index in [9.17, 15) is 18.4 Å². The molecule has 0 unspecified atom stereocenters. The van der Waals surface area contributed by atoms with Crippen LogP contribution in [0.15, 0.2) is 48.5 Å². The van der Waals surface area contributed by atoms with Crippen LogP contribution in [0.4, 0.5) is 8.78 Å². The fourth-order valence-corrected chi connectivity index (χ4v) is 1.81. The molecule has 0 aliphatic rings. The molecule has 24 heavy (non-hydrogen) atoms. The predicted octanol–water partition coefficient (Wildman–Crippen LogP) is 2.37. The molecule has 2 N–H and O–H groups in total. The summed E-state index contributed by atoms with van der Waals surface area (Å²) in [7, 11) is 1.50. The van der Waals surface area contributed by atoms with E-state index < -0.39 is 18.4 Å². The Labute approximate surface area is 136 Å². The van der Waals surface area contributed by atoms with E-state index in [2.05, 4.69) is 15.6 Å². The van der Waals surface area contributed by atoms with Gasteiger partial charge in [0.1, 0.15) is 11.5 Å². The number of nitrogens with one attached hydrogen (secondary N) is 2. The van der Waals surface area contributed by atoms with E-state index >= 15 is 0 Å². The Morgan fingerprint density at radius 3 is 2.12 bits per heavy atom. The van der Waals surface area contributed by atoms with Crippen LogP contribution in [-0.2, 0) is 0 Å². The van der Waals surface area contributed by atoms with Crippen LogP contribution in [-0.4, -0.2) is 25.5 Å². The number of carbonyl (C=O) groups is 2. The van der Waals surface area contributed by atoms with Crippen molar-refractivity contribution in [3.8, 4) is 11.5 Å². The van der Waals surface area contributed by atoms with E-state index in [1.807, 2.05) is 0 Å². The maximum Gasteiger partial charge on any atom is 0.387 e. The van der Waals surface area contributed by atoms with E-state index in [0.29, 0.717) is 11.3 Å². The first kappa shape index (κ1) is 17.2. The highest BCUT2D eigenvalue weighted by Gasteiger charge is 2.11. The number of hydrogen-bond donors (Lipinski definition) is 2. The number of amides is 2. The smallest absolute Gasteiger partial charge is 0.387 e. The Bertz CT molecular complexity index is 720. The summed E-state index contributed by atoms with van der Waals surface area (Å²) in [5, 5.41) is 0. The summed E-state index contributed by atoms with van der Waals surface area (Å²) in [5.74, 6) is -0.770. The Hall–Kier alpha value is -3.16. The summed E-state index contributed by atoms with van der Waals surface area (Å²) in [6, 6.07) is 11.5. The summed E-state index contributed by atoms with van der Waals surface area (Å²) in [5.41, 5.74) is 4.79. The first-order chi connectivity index (χ1) is 11.5. The average molecular weight is 336 g/mol. The molecular formula is C16H14F2N2O4. The number of rotatable bonds is 5. The highest BCUT2D eigenvalue weighted by atomic mass is 19.3. The largest absolute Gasteiger partial charge is 0.497 e. The zero-order chi connectivity index (χ0) is 17.5. The summed E-state index contributed by atoms with van der Waals surface area (Å²) < 4.78 is 33.5. The Morgan fingerprint density at radius 2 is 1.54 bits per heavy atom. The van der Waals surface area contributed by atoms with Crippen LogP contribution in [0, 0.1) is 0 Å². The van der Waals surface area contributed by atoms with Gasteiger partial charge in [-0.05, 0) is 42.5 Å². The normalized spacial score (nSPS) is 10.2. The fraction of sp³-hybridized carbons (Fsp3) is 0.125. The summed E-state index contributed by atoms with van der Waals surface area (Å²) in [6.07, 6.45) is 0. The third-order valence-corrected chi connectivity index (χ3v) is 2.96. The summed E-state index contributed by atoms with van der Waals surface area (Å²) >= 11 is 0. The van der Waals surface area contributed by atoms with Crippen molar-refractivity contribution in [1.82, 2.24) is 10.9 Å². The Morgan fingerprint density at radius 1 is 0.917 bits per heavy atom. The molecule has 2 amide bonds. The summed E-state index contributed by atoms with van der Waals surface area (Å²) in [4.78, 5) is 23.8. The van der Waals surface area contributed by atoms with Crippen molar-refractivity contribution >= 4 is 11.8 Å². The van der Waals surface area contributed by atoms with Gasteiger partial charge in [-0.25, -0.2) is 0 Å². The van der Waals surface area contributed by atoms with Gasteiger partial charge in [-0.15, -0.1) is 0 Å². The van der Waals surface area contributed by atoms with Crippen LogP contribution in [0.5, 0.6) is 11.5 Å². The molecule has 0 saturated heterocycles. The van der Waals surface area contributed by atoms with Gasteiger partial charge in [0.2, 0.25) is 0 Å². The van der Waals surface area contributed by atoms with Gasteiger partial charge >= 0.3 is 6.61 Å². The molecule has 2 aromatic carbocycles. The molecule has 126 valence electrons. The number of alkyl halides is 2. The topological polar surface area (TPSA) is 76.7 Å². The molecule has 2 aromatic rings. The van der Waals surface area contributed by atoms with E-state index in [-0.39, 0.29) is 11.3 Å². The van der Waals surface area contributed by atoms with Gasteiger partial charge in [0, 0.05) is 11.1 Å². The van der Waals surface area contributed by atoms with E-state index in [1.54, 1.807) is 12.1 Å². The van der Waals surface area contributed by atoms with Gasteiger partial charge in [-0.3, -0.25) is 20.4 Å². The molecule has 0 aromatic heterocycles. The minimum atomic E-state index is -2.99. The molecule has 8 heteroatoms. The lowest BCUT2D eigenvalue weighted by Crippen LogP contribution is -2.41. The van der Waals surface area contributed by atoms with Gasteiger partial charge in [-0.1, -0.05) is 6.07 Å². The number of hydrogen-bond acceptors (Lipinski definition) is 4. The second kappa shape index (κ2) is 7.91. The first-order valence-corrected chi connectivity index (χ1v) is 6.79. The summed E-state index contributed by atoms with van der Waals surface area (Å²) in [6.45, 7) is -2.99. The van der Waals surface area contributed by atoms with E-state index in [1.165, 1.54) is 37.4 Å². The third-order valence-electron chi connectivity index (χ3n) is 2.96. The molecule has 0 saturated carbocycles. The molecular weight excluding hydrogens is 322 g/mol. The highest BCUT2D eigenvalue weighted by molar-refractivity contribution is 5.99. The van der Waals surface area contributed by atoms with Crippen molar-refractivity contribution in [3.05, 3.63) is 59.7 Å². The number of methoxy groups -OCH3 is 1. The maximum atomic E-state index is 12.2. The molecule has 0 heterocycles. The number of hydrazine groups is 1. The van der Waals surface area contributed by atoms with E-state index in [4.69, 9.17) is 4.74 Å². The van der Waals surface area contributed by atoms with Crippen LogP contribution in [0.2, 0.25) is 0 Å². The van der Waals surface area contributed by atoms with Crippen molar-refractivity contribution in [3.63, 3.8) is 0 Å². The molecule has 0 radical (unpaired) electrons. The fourth-order valence-electron chi connectivity index (χ4n) is 1.81. The van der Waals surface area contributed by atoms with Crippen molar-refractivity contribution in [2.45, 2.75) is 6.61 Å². The molecule has 0 atom stereocenters. The second-order valence-electron chi connectivity index (χ2n) is 4.54. The number of carbonyl (C=O) groups excluding carboxylic acids is 2. The molecule has 0 fully saturated rings. The monoisotopic (exact) mass is 336 g/mol. The number of ether oxygens (including phenoxy) is 2. The van der Waals surface area contributed by atoms with Crippen LogP contribution in [0.3, 0.4) is 0 Å². The van der Waals surface area contributed by atoms with Crippen molar-refractivity contribution in [2.24, 2.45) is 0 Å². The Balaban J connectivity index is 1.95. The van der Waals surface area contributed by atoms with Gasteiger partial charge in [0.05, 0.1) is 7.11 Å². The molecule has 0 aliphatic carbocycles. The molecule has 6 nitrogen and oxygen atoms in total. The van der Waals surface area contributed by atoms with Crippen LogP contribution in [0.1, 0.15) is 20.7 Å². The predicted molar refractivity (Wildman–Crippen MR) is 81.0 cm³/mol. The van der Waals surface area contributed by atoms with E-state index in [0.717, 1.165) is 6.07 Å². The van der Waals surface area contributed by atoms with Crippen LogP contribution >= 0.6 is 0 Å². The Kier molecular flexibility index (Phi) is 5.67. The first-order valence-electron chi connectivity index (χ1n) is 6.79. The molecule has 2 rings (SSSR count). The third kappa shape index (κ3) is 4.67. The molecule has 0 spiro atoms. The van der Waals surface area contributed by atoms with Gasteiger partial charge in [0.25, 0.3) is 11.8 Å². The zero-order valence-electron chi connectivity index (χ0n) is 12.6. The lowest BCUT2D eigenvalue weighted by molar-refractivity contribution is -0.0498. The highest BCUT2D eigenvalue weighted by Crippen LogP contribution is 2.16. The van der Waals surface area contributed by atoms with Crippen molar-refractivity contribution < 1.29 is 27.8 Å². The maximum absolute atomic E-state index is 12.2. The van der Waals surface area contributed by atoms with Crippen molar-refractivity contribution in [2.75, 3.05) is 7.11 Å². The van der Waals surface area contributed by atoms with Crippen LogP contribution < -0.4 is 20.3 Å². The van der Waals surface area contributed by atoms with Crippen LogP contribution in [0.25, 0.3) is 0 Å². The SMILES string of the molecule is COc1ccc(C(=O)NNC(=O)c2cccc(OC(F)F)c2)cc1. The lowest BCUT2D eigenvalue weighted by atomic mass is 10.2. The number of halogens is 2. The second-order valence-corrected chi connectivity index (χ2v) is 4.54. The standard InChI is InChI=1S/C16H14F2N2O4/c1-23-12-7-5-10(6-8-12)14(21)19-20-15(22)11-3-2-4-13(9-11)24-16(17)18/h2-9,16H,1H3,(H,19,21)(H,20,22). The lowest BCUT2D eigenvalue weighted by Gasteiger charge is -2.09. The molecule has 0 aliphatic heterocycles. The van der Waals surface area contributed by atoms with Gasteiger partial charge in [-0.2, -0.15) is 8.78 Å². The zero-order valence-corrected chi connectivity index (χ0v) is 12.6. The molecule has 0 bridgehead atoms. The minimum Gasteiger partial charge on any atom is -0.497 e. The minimum absolute atomic E-state index is 0.0585. The van der Waals surface area contributed by atoms with Crippen molar-refractivity contribution in [1.29, 1.82) is 0 Å².